The molecule has 11 heavy (non-hydrogen) atoms. The number of hydrogen-bond acceptors (Lipinski definition) is 3. The monoisotopic (exact) mass is 156 g/mol. The van der Waals surface area contributed by atoms with Crippen LogP contribution < -0.4 is 5.56 Å². The molecule has 0 aliphatic rings. The van der Waals surface area contributed by atoms with Gasteiger partial charge in [0.2, 0.25) is 0 Å². The zero-order valence-electron chi connectivity index (χ0n) is 5.94. The van der Waals surface area contributed by atoms with Crippen LogP contribution in [0.5, 0.6) is 0 Å². The Balaban J connectivity index is 0.000000218. The van der Waals surface area contributed by atoms with Crippen LogP contribution in [0.1, 0.15) is 6.92 Å². The highest BCUT2D eigenvalue weighted by Gasteiger charge is 1.70. The number of aromatic nitrogens is 2. The normalized spacial score (nSPS) is 7.73. The topological polar surface area (TPSA) is 83.0 Å². The molecule has 1 aromatic rings. The fraction of sp³-hybridized carbons (Fsp3) is 0.167. The van der Waals surface area contributed by atoms with Crippen LogP contribution in [0.25, 0.3) is 0 Å². The summed E-state index contributed by atoms with van der Waals surface area (Å²) in [5.41, 5.74) is -0.164. The Kier molecular flexibility index (Phi) is 4.39. The highest BCUT2D eigenvalue weighted by Crippen LogP contribution is 1.57. The Labute approximate surface area is 62.7 Å². The number of aromatic amines is 1. The van der Waals surface area contributed by atoms with Gasteiger partial charge >= 0.3 is 0 Å². The smallest absolute Gasteiger partial charge is 0.300 e. The lowest BCUT2D eigenvalue weighted by atomic mass is 10.8. The number of carbonyl (C=O) groups is 1. The Morgan fingerprint density at radius 2 is 2.27 bits per heavy atom. The van der Waals surface area contributed by atoms with Gasteiger partial charge in [0.05, 0.1) is 6.20 Å². The minimum absolute atomic E-state index is 0.164. The van der Waals surface area contributed by atoms with E-state index in [2.05, 4.69) is 9.97 Å². The molecule has 0 bridgehead atoms. The van der Waals surface area contributed by atoms with E-state index in [-0.39, 0.29) is 5.56 Å². The number of carboxylic acid groups (broad SMARTS) is 1. The molecule has 0 spiro atoms. The zero-order valence-corrected chi connectivity index (χ0v) is 5.94. The maximum absolute atomic E-state index is 10.2. The minimum Gasteiger partial charge on any atom is -0.481 e. The van der Waals surface area contributed by atoms with E-state index < -0.39 is 5.97 Å². The standard InChI is InChI=1S/C4H4N2O.C2H4O2/c7-4-3-5-1-2-6-4;1-2(3)4/h1-3H,(H,6,7);1H3,(H,3,4). The van der Waals surface area contributed by atoms with Gasteiger partial charge in [-0.3, -0.25) is 14.6 Å². The second-order valence-corrected chi connectivity index (χ2v) is 1.62. The van der Waals surface area contributed by atoms with Gasteiger partial charge in [-0.15, -0.1) is 0 Å². The molecule has 0 atom stereocenters. The van der Waals surface area contributed by atoms with Crippen LogP contribution in [-0.2, 0) is 4.79 Å². The van der Waals surface area contributed by atoms with Crippen molar-refractivity contribution in [2.24, 2.45) is 0 Å². The van der Waals surface area contributed by atoms with Gasteiger partial charge < -0.3 is 10.1 Å². The molecule has 1 aromatic heterocycles. The first-order valence-electron chi connectivity index (χ1n) is 2.81. The molecule has 0 aromatic carbocycles. The summed E-state index contributed by atoms with van der Waals surface area (Å²) >= 11 is 0. The van der Waals surface area contributed by atoms with Gasteiger partial charge in [0, 0.05) is 19.3 Å². The number of carboxylic acids is 1. The summed E-state index contributed by atoms with van der Waals surface area (Å²) in [6.45, 7) is 1.08. The summed E-state index contributed by atoms with van der Waals surface area (Å²) in [6.07, 6.45) is 4.23. The van der Waals surface area contributed by atoms with Crippen LogP contribution >= 0.6 is 0 Å². The Hall–Kier alpha value is -1.65. The summed E-state index contributed by atoms with van der Waals surface area (Å²) in [5, 5.41) is 7.42. The maximum Gasteiger partial charge on any atom is 0.300 e. The second-order valence-electron chi connectivity index (χ2n) is 1.62. The average Bonchev–Trinajstić information content (AvgIpc) is 1.87. The summed E-state index contributed by atoms with van der Waals surface area (Å²) in [5.74, 6) is -0.833. The molecule has 60 valence electrons. The Bertz CT molecular complexity index is 247. The molecule has 0 amide bonds. The highest BCUT2D eigenvalue weighted by molar-refractivity contribution is 5.62. The molecular formula is C6H8N2O3. The van der Waals surface area contributed by atoms with Gasteiger partial charge in [0.25, 0.3) is 11.5 Å². The van der Waals surface area contributed by atoms with Crippen molar-refractivity contribution in [2.75, 3.05) is 0 Å². The molecule has 0 fully saturated rings. The van der Waals surface area contributed by atoms with Crippen LogP contribution in [0.3, 0.4) is 0 Å². The number of rotatable bonds is 0. The Morgan fingerprint density at radius 1 is 1.73 bits per heavy atom. The summed E-state index contributed by atoms with van der Waals surface area (Å²) in [6, 6.07) is 0. The van der Waals surface area contributed by atoms with Gasteiger partial charge in [0.15, 0.2) is 0 Å². The van der Waals surface area contributed by atoms with Crippen molar-refractivity contribution in [1.82, 2.24) is 9.97 Å². The number of aliphatic carboxylic acids is 1. The van der Waals surface area contributed by atoms with E-state index in [9.17, 15) is 4.79 Å². The molecule has 0 aliphatic heterocycles. The van der Waals surface area contributed by atoms with Crippen molar-refractivity contribution in [3.05, 3.63) is 28.9 Å². The average molecular weight is 156 g/mol. The molecule has 5 heteroatoms. The van der Waals surface area contributed by atoms with Crippen LogP contribution in [0.2, 0.25) is 0 Å². The highest BCUT2D eigenvalue weighted by atomic mass is 16.4. The van der Waals surface area contributed by atoms with Crippen molar-refractivity contribution in [2.45, 2.75) is 6.92 Å². The lowest BCUT2D eigenvalue weighted by Crippen LogP contribution is -2.01. The van der Waals surface area contributed by atoms with Gasteiger partial charge in [0.1, 0.15) is 0 Å². The van der Waals surface area contributed by atoms with E-state index in [1.165, 1.54) is 18.6 Å². The fourth-order valence-electron chi connectivity index (χ4n) is 0.310. The summed E-state index contributed by atoms with van der Waals surface area (Å²) < 4.78 is 0. The molecule has 1 heterocycles. The van der Waals surface area contributed by atoms with E-state index in [0.29, 0.717) is 0 Å². The molecule has 0 saturated carbocycles. The van der Waals surface area contributed by atoms with Gasteiger partial charge in [-0.25, -0.2) is 0 Å². The molecule has 0 unspecified atom stereocenters. The lowest BCUT2D eigenvalue weighted by molar-refractivity contribution is -0.134. The van der Waals surface area contributed by atoms with E-state index >= 15 is 0 Å². The fourth-order valence-corrected chi connectivity index (χ4v) is 0.310. The first-order chi connectivity index (χ1) is 5.13. The zero-order chi connectivity index (χ0) is 8.69. The first-order valence-corrected chi connectivity index (χ1v) is 2.81. The van der Waals surface area contributed by atoms with Crippen molar-refractivity contribution < 1.29 is 9.90 Å². The number of H-pyrrole nitrogens is 1. The predicted molar refractivity (Wildman–Crippen MR) is 38.2 cm³/mol. The lowest BCUT2D eigenvalue weighted by Gasteiger charge is -1.73. The maximum atomic E-state index is 10.2. The molecule has 0 radical (unpaired) electrons. The number of nitrogens with zero attached hydrogens (tertiary/aromatic N) is 1. The number of nitrogens with one attached hydrogen (secondary N) is 1. The molecule has 0 saturated heterocycles. The molecule has 5 nitrogen and oxygen atoms in total. The quantitative estimate of drug-likeness (QED) is 0.547. The largest absolute Gasteiger partial charge is 0.481 e. The van der Waals surface area contributed by atoms with Crippen LogP contribution in [0, 0.1) is 0 Å². The molecular weight excluding hydrogens is 148 g/mol. The first kappa shape index (κ1) is 9.35. The van der Waals surface area contributed by atoms with E-state index in [4.69, 9.17) is 9.90 Å². The third-order valence-corrected chi connectivity index (χ3v) is 0.578. The Morgan fingerprint density at radius 3 is 2.45 bits per heavy atom. The van der Waals surface area contributed by atoms with Gasteiger partial charge in [-0.05, 0) is 0 Å². The van der Waals surface area contributed by atoms with E-state index in [1.54, 1.807) is 0 Å². The van der Waals surface area contributed by atoms with Crippen LogP contribution in [0.15, 0.2) is 23.4 Å². The molecule has 0 aliphatic carbocycles. The SMILES string of the molecule is CC(=O)O.O=c1cncc[nH]1. The summed E-state index contributed by atoms with van der Waals surface area (Å²) in [7, 11) is 0. The van der Waals surface area contributed by atoms with Gasteiger partial charge in [-0.1, -0.05) is 0 Å². The van der Waals surface area contributed by atoms with Crippen molar-refractivity contribution in [3.63, 3.8) is 0 Å². The van der Waals surface area contributed by atoms with Crippen LogP contribution in [0.4, 0.5) is 0 Å². The van der Waals surface area contributed by atoms with Crippen LogP contribution in [-0.4, -0.2) is 21.0 Å². The predicted octanol–water partition coefficient (Wildman–Crippen LogP) is -0.139. The van der Waals surface area contributed by atoms with Crippen molar-refractivity contribution >= 4 is 5.97 Å². The molecule has 2 N–H and O–H groups in total. The summed E-state index contributed by atoms with van der Waals surface area (Å²) in [4.78, 5) is 25.1. The molecule has 1 rings (SSSR count). The third kappa shape index (κ3) is 8.35. The van der Waals surface area contributed by atoms with E-state index in [1.807, 2.05) is 0 Å². The van der Waals surface area contributed by atoms with Gasteiger partial charge in [-0.2, -0.15) is 0 Å². The second kappa shape index (κ2) is 5.16. The van der Waals surface area contributed by atoms with Crippen molar-refractivity contribution in [3.8, 4) is 0 Å². The third-order valence-electron chi connectivity index (χ3n) is 0.578. The minimum atomic E-state index is -0.833. The number of hydrogen-bond donors (Lipinski definition) is 2. The van der Waals surface area contributed by atoms with Crippen molar-refractivity contribution in [1.29, 1.82) is 0 Å². The van der Waals surface area contributed by atoms with E-state index in [0.717, 1.165) is 6.92 Å².